The van der Waals surface area contributed by atoms with Crippen molar-refractivity contribution in [3.05, 3.63) is 78.1 Å². The summed E-state index contributed by atoms with van der Waals surface area (Å²) in [4.78, 5) is 4.05. The highest BCUT2D eigenvalue weighted by molar-refractivity contribution is 6.03. The average Bonchev–Trinajstić information content (AvgIpc) is 2.56. The van der Waals surface area contributed by atoms with Crippen molar-refractivity contribution in [1.82, 2.24) is 4.98 Å². The van der Waals surface area contributed by atoms with Gasteiger partial charge in [0.05, 0.1) is 11.3 Å². The molecule has 0 aliphatic heterocycles. The number of nitrogens with zero attached hydrogens (tertiary/aromatic N) is 2. The highest BCUT2D eigenvalue weighted by atomic mass is 14.6. The number of pyridine rings is 1. The predicted octanol–water partition coefficient (Wildman–Crippen LogP) is 3.59. The number of benzene rings is 2. The van der Waals surface area contributed by atoms with Crippen molar-refractivity contribution in [2.24, 2.45) is 5.73 Å². The summed E-state index contributed by atoms with van der Waals surface area (Å²) in [7, 11) is 0. The van der Waals surface area contributed by atoms with Crippen molar-refractivity contribution in [3.63, 3.8) is 0 Å². The second-order valence-corrected chi connectivity index (χ2v) is 4.67. The summed E-state index contributed by atoms with van der Waals surface area (Å²) in [6, 6.07) is 19.7. The van der Waals surface area contributed by atoms with E-state index in [2.05, 4.69) is 11.1 Å². The highest BCUT2D eigenvalue weighted by Gasteiger charge is 2.10. The van der Waals surface area contributed by atoms with Crippen LogP contribution in [0.3, 0.4) is 0 Å². The van der Waals surface area contributed by atoms with Crippen LogP contribution < -0.4 is 5.73 Å². The first-order valence-corrected chi connectivity index (χ1v) is 6.59. The number of fused-ring (bicyclic) bond motifs is 1. The summed E-state index contributed by atoms with van der Waals surface area (Å²) < 4.78 is 0. The molecule has 0 amide bonds. The molecular formula is C18H13N3. The lowest BCUT2D eigenvalue weighted by Gasteiger charge is -2.09. The predicted molar refractivity (Wildman–Crippen MR) is 84.8 cm³/mol. The summed E-state index contributed by atoms with van der Waals surface area (Å²) in [5.41, 5.74) is 8.79. The van der Waals surface area contributed by atoms with Crippen molar-refractivity contribution in [2.45, 2.75) is 0 Å². The Balaban J connectivity index is 2.26. The Hall–Kier alpha value is -3.12. The van der Waals surface area contributed by atoms with Crippen LogP contribution in [0.2, 0.25) is 0 Å². The molecule has 3 heteroatoms. The van der Waals surface area contributed by atoms with Gasteiger partial charge < -0.3 is 5.73 Å². The third-order valence-corrected chi connectivity index (χ3v) is 3.41. The molecule has 0 atom stereocenters. The molecule has 0 radical (unpaired) electrons. The average molecular weight is 271 g/mol. The van der Waals surface area contributed by atoms with Gasteiger partial charge >= 0.3 is 0 Å². The van der Waals surface area contributed by atoms with Gasteiger partial charge in [-0.2, -0.15) is 5.26 Å². The molecule has 1 heterocycles. The van der Waals surface area contributed by atoms with Crippen LogP contribution in [0.5, 0.6) is 0 Å². The van der Waals surface area contributed by atoms with Crippen molar-refractivity contribution >= 4 is 22.0 Å². The smallest absolute Gasteiger partial charge is 0.102 e. The minimum absolute atomic E-state index is 0.444. The van der Waals surface area contributed by atoms with Crippen LogP contribution in [0.25, 0.3) is 22.0 Å². The summed E-state index contributed by atoms with van der Waals surface area (Å²) in [6.45, 7) is 0. The van der Waals surface area contributed by atoms with Crippen molar-refractivity contribution < 1.29 is 0 Å². The van der Waals surface area contributed by atoms with Gasteiger partial charge in [0.25, 0.3) is 0 Å². The lowest BCUT2D eigenvalue weighted by atomic mass is 9.97. The van der Waals surface area contributed by atoms with Crippen LogP contribution in [0.1, 0.15) is 11.1 Å². The number of nitrogens with two attached hydrogens (primary N) is 1. The molecular weight excluding hydrogens is 258 g/mol. The van der Waals surface area contributed by atoms with Crippen molar-refractivity contribution in [2.75, 3.05) is 0 Å². The zero-order chi connectivity index (χ0) is 14.7. The molecule has 0 aliphatic rings. The van der Waals surface area contributed by atoms with Gasteiger partial charge in [-0.15, -0.1) is 0 Å². The Labute approximate surface area is 123 Å². The fourth-order valence-electron chi connectivity index (χ4n) is 2.39. The Bertz CT molecular complexity index is 853. The maximum atomic E-state index is 9.47. The van der Waals surface area contributed by atoms with Gasteiger partial charge in [0.1, 0.15) is 6.07 Å². The monoisotopic (exact) mass is 271 g/mol. The Morgan fingerprint density at radius 1 is 1.00 bits per heavy atom. The highest BCUT2D eigenvalue weighted by Crippen LogP contribution is 2.27. The summed E-state index contributed by atoms with van der Waals surface area (Å²) in [6.07, 6.45) is 3.32. The summed E-state index contributed by atoms with van der Waals surface area (Å²) in [5.74, 6) is 0. The van der Waals surface area contributed by atoms with E-state index in [0.717, 1.165) is 21.9 Å². The van der Waals surface area contributed by atoms with Crippen LogP contribution >= 0.6 is 0 Å². The summed E-state index contributed by atoms with van der Waals surface area (Å²) >= 11 is 0. The maximum Gasteiger partial charge on any atom is 0.102 e. The number of aromatic nitrogens is 1. The van der Waals surface area contributed by atoms with E-state index in [-0.39, 0.29) is 0 Å². The second kappa shape index (κ2) is 5.48. The Kier molecular flexibility index (Phi) is 3.36. The van der Waals surface area contributed by atoms with Crippen LogP contribution in [-0.2, 0) is 0 Å². The first-order chi connectivity index (χ1) is 10.3. The molecule has 100 valence electrons. The molecule has 0 spiro atoms. The van der Waals surface area contributed by atoms with Gasteiger partial charge in [-0.05, 0) is 16.8 Å². The first-order valence-electron chi connectivity index (χ1n) is 6.59. The Morgan fingerprint density at radius 3 is 2.57 bits per heavy atom. The zero-order valence-electron chi connectivity index (χ0n) is 11.3. The van der Waals surface area contributed by atoms with E-state index in [4.69, 9.17) is 5.73 Å². The molecule has 0 saturated heterocycles. The van der Waals surface area contributed by atoms with Gasteiger partial charge in [0, 0.05) is 23.5 Å². The van der Waals surface area contributed by atoms with E-state index < -0.39 is 0 Å². The second-order valence-electron chi connectivity index (χ2n) is 4.67. The van der Waals surface area contributed by atoms with Gasteiger partial charge in [-0.25, -0.2) is 0 Å². The van der Waals surface area contributed by atoms with Gasteiger partial charge in [0.15, 0.2) is 0 Å². The molecule has 1 aromatic heterocycles. The quantitative estimate of drug-likeness (QED) is 0.724. The molecule has 3 rings (SSSR count). The van der Waals surface area contributed by atoms with Crippen molar-refractivity contribution in [1.29, 1.82) is 5.26 Å². The number of allylic oxidation sites excluding steroid dienone is 1. The fourth-order valence-corrected chi connectivity index (χ4v) is 2.39. The van der Waals surface area contributed by atoms with E-state index in [1.54, 1.807) is 18.5 Å². The molecule has 0 saturated carbocycles. The third-order valence-electron chi connectivity index (χ3n) is 3.41. The minimum Gasteiger partial charge on any atom is -0.397 e. The summed E-state index contributed by atoms with van der Waals surface area (Å²) in [5, 5.41) is 11.6. The fraction of sp³-hybridized carbons (Fsp3) is 0. The normalized spacial score (nSPS) is 11.8. The van der Waals surface area contributed by atoms with Gasteiger partial charge in [-0.1, -0.05) is 48.5 Å². The Morgan fingerprint density at radius 2 is 1.81 bits per heavy atom. The maximum absolute atomic E-state index is 9.47. The third kappa shape index (κ3) is 2.35. The van der Waals surface area contributed by atoms with Crippen LogP contribution in [0.4, 0.5) is 0 Å². The number of nitriles is 1. The molecule has 0 fully saturated rings. The topological polar surface area (TPSA) is 62.7 Å². The van der Waals surface area contributed by atoms with E-state index in [1.165, 1.54) is 0 Å². The molecule has 21 heavy (non-hydrogen) atoms. The van der Waals surface area contributed by atoms with E-state index in [0.29, 0.717) is 11.3 Å². The molecule has 3 aromatic rings. The molecule has 3 nitrogen and oxygen atoms in total. The van der Waals surface area contributed by atoms with E-state index in [9.17, 15) is 5.26 Å². The largest absolute Gasteiger partial charge is 0.397 e. The first kappa shape index (κ1) is 12.9. The molecule has 0 aliphatic carbocycles. The van der Waals surface area contributed by atoms with Crippen LogP contribution in [0.15, 0.2) is 67.0 Å². The number of hydrogen-bond acceptors (Lipinski definition) is 3. The van der Waals surface area contributed by atoms with Crippen LogP contribution in [0, 0.1) is 11.3 Å². The van der Waals surface area contributed by atoms with Crippen LogP contribution in [-0.4, -0.2) is 4.98 Å². The van der Waals surface area contributed by atoms with Crippen molar-refractivity contribution in [3.8, 4) is 6.07 Å². The van der Waals surface area contributed by atoms with Gasteiger partial charge in [-0.3, -0.25) is 4.98 Å². The number of hydrogen-bond donors (Lipinski definition) is 1. The zero-order valence-corrected chi connectivity index (χ0v) is 11.3. The lowest BCUT2D eigenvalue weighted by Crippen LogP contribution is -2.01. The number of rotatable bonds is 2. The van der Waals surface area contributed by atoms with E-state index in [1.807, 2.05) is 48.5 Å². The molecule has 2 N–H and O–H groups in total. The van der Waals surface area contributed by atoms with Gasteiger partial charge in [0.2, 0.25) is 0 Å². The standard InChI is InChI=1S/C18H13N3/c19-11-17(14-7-4-10-21-12-14)18(20)16-9-3-6-13-5-1-2-8-15(13)16/h1-10,12H,20H2/b18-17-. The molecule has 0 bridgehead atoms. The van der Waals surface area contributed by atoms with E-state index >= 15 is 0 Å². The SMILES string of the molecule is N#C/C(=C(/N)c1cccc2ccccc12)c1cccnc1. The minimum atomic E-state index is 0.444. The molecule has 0 unspecified atom stereocenters. The lowest BCUT2D eigenvalue weighted by molar-refractivity contribution is 1.31. The molecule has 2 aromatic carbocycles.